The third-order valence-corrected chi connectivity index (χ3v) is 5.04. The highest BCUT2D eigenvalue weighted by Gasteiger charge is 2.23. The molecule has 3 atom stereocenters. The molecule has 0 aromatic carbocycles. The van der Waals surface area contributed by atoms with Gasteiger partial charge in [0.1, 0.15) is 0 Å². The smallest absolute Gasteiger partial charge is 0.173 e. The van der Waals surface area contributed by atoms with Crippen molar-refractivity contribution in [1.82, 2.24) is 5.32 Å². The minimum Gasteiger partial charge on any atom is -0.309 e. The van der Waals surface area contributed by atoms with E-state index in [2.05, 4.69) is 12.2 Å². The molecule has 1 aliphatic carbocycles. The Balaban J connectivity index is 1.74. The quantitative estimate of drug-likeness (QED) is 0.821. The minimum atomic E-state index is -2.90. The van der Waals surface area contributed by atoms with Gasteiger partial charge >= 0.3 is 0 Å². The standard InChI is InChI=1S/C12H21NO2S/c1-10-3-2-4-11(7-10)8-13-12-5-6-16(14,15)9-12/h5-6,10-13H,2-4,7-9H2,1H3. The fourth-order valence-corrected chi connectivity index (χ4v) is 4.04. The normalized spacial score (nSPS) is 37.7. The molecule has 0 amide bonds. The molecule has 2 aliphatic rings. The minimum absolute atomic E-state index is 0.0437. The third-order valence-electron chi connectivity index (χ3n) is 3.64. The van der Waals surface area contributed by atoms with Crippen molar-refractivity contribution in [2.24, 2.45) is 11.8 Å². The zero-order chi connectivity index (χ0) is 11.6. The van der Waals surface area contributed by atoms with E-state index in [1.54, 1.807) is 6.08 Å². The first kappa shape index (κ1) is 12.1. The second-order valence-corrected chi connectivity index (χ2v) is 7.24. The van der Waals surface area contributed by atoms with E-state index < -0.39 is 9.84 Å². The predicted octanol–water partition coefficient (Wildman–Crippen LogP) is 1.71. The highest BCUT2D eigenvalue weighted by molar-refractivity contribution is 7.94. The van der Waals surface area contributed by atoms with Crippen molar-refractivity contribution in [3.8, 4) is 0 Å². The van der Waals surface area contributed by atoms with Crippen LogP contribution in [0.5, 0.6) is 0 Å². The lowest BCUT2D eigenvalue weighted by molar-refractivity contribution is 0.272. The second kappa shape index (κ2) is 4.88. The molecule has 2 rings (SSSR count). The van der Waals surface area contributed by atoms with Gasteiger partial charge in [-0.1, -0.05) is 25.8 Å². The highest BCUT2D eigenvalue weighted by Crippen LogP contribution is 2.28. The first-order chi connectivity index (χ1) is 7.55. The van der Waals surface area contributed by atoms with Crippen molar-refractivity contribution >= 4 is 9.84 Å². The average Bonchev–Trinajstić information content (AvgIpc) is 2.56. The molecular formula is C12H21NO2S. The third kappa shape index (κ3) is 3.32. The maximum atomic E-state index is 11.2. The Morgan fingerprint density at radius 1 is 1.38 bits per heavy atom. The van der Waals surface area contributed by atoms with Crippen molar-refractivity contribution in [3.63, 3.8) is 0 Å². The molecule has 1 aliphatic heterocycles. The molecular weight excluding hydrogens is 222 g/mol. The summed E-state index contributed by atoms with van der Waals surface area (Å²) in [5, 5.41) is 4.70. The second-order valence-electron chi connectivity index (χ2n) is 5.31. The number of hydrogen-bond donors (Lipinski definition) is 1. The molecule has 0 saturated heterocycles. The van der Waals surface area contributed by atoms with Crippen LogP contribution in [0.3, 0.4) is 0 Å². The molecule has 92 valence electrons. The molecule has 0 bridgehead atoms. The molecule has 1 saturated carbocycles. The maximum absolute atomic E-state index is 11.2. The summed E-state index contributed by atoms with van der Waals surface area (Å²) in [6.45, 7) is 3.28. The Hall–Kier alpha value is -0.350. The van der Waals surface area contributed by atoms with Gasteiger partial charge in [0.05, 0.1) is 5.75 Å². The largest absolute Gasteiger partial charge is 0.309 e. The lowest BCUT2D eigenvalue weighted by Crippen LogP contribution is -2.35. The topological polar surface area (TPSA) is 46.2 Å². The summed E-state index contributed by atoms with van der Waals surface area (Å²) in [5.74, 6) is 1.82. The molecule has 0 radical (unpaired) electrons. The van der Waals surface area contributed by atoms with E-state index in [0.29, 0.717) is 0 Å². The summed E-state index contributed by atoms with van der Waals surface area (Å²) in [6, 6.07) is 0.0437. The van der Waals surface area contributed by atoms with Gasteiger partial charge in [0.2, 0.25) is 0 Å². The van der Waals surface area contributed by atoms with Crippen molar-refractivity contribution in [1.29, 1.82) is 0 Å². The average molecular weight is 243 g/mol. The number of nitrogens with one attached hydrogen (secondary N) is 1. The molecule has 0 aromatic heterocycles. The zero-order valence-corrected chi connectivity index (χ0v) is 10.7. The van der Waals surface area contributed by atoms with Gasteiger partial charge in [-0.15, -0.1) is 0 Å². The Bertz CT molecular complexity index is 361. The fourth-order valence-electron chi connectivity index (χ4n) is 2.77. The lowest BCUT2D eigenvalue weighted by Gasteiger charge is -2.27. The predicted molar refractivity (Wildman–Crippen MR) is 65.8 cm³/mol. The first-order valence-corrected chi connectivity index (χ1v) is 7.91. The Morgan fingerprint density at radius 3 is 2.81 bits per heavy atom. The van der Waals surface area contributed by atoms with E-state index in [-0.39, 0.29) is 11.8 Å². The van der Waals surface area contributed by atoms with E-state index in [1.807, 2.05) is 0 Å². The summed E-state index contributed by atoms with van der Waals surface area (Å²) < 4.78 is 22.4. The molecule has 3 nitrogen and oxygen atoms in total. The summed E-state index contributed by atoms with van der Waals surface area (Å²) in [4.78, 5) is 0. The molecule has 0 aromatic rings. The van der Waals surface area contributed by atoms with Gasteiger partial charge in [0.25, 0.3) is 0 Å². The Labute approximate surface area is 98.2 Å². The van der Waals surface area contributed by atoms with Crippen LogP contribution in [-0.4, -0.2) is 26.8 Å². The van der Waals surface area contributed by atoms with Crippen LogP contribution in [0.4, 0.5) is 0 Å². The zero-order valence-electron chi connectivity index (χ0n) is 9.85. The van der Waals surface area contributed by atoms with E-state index in [1.165, 1.54) is 31.1 Å². The molecule has 1 heterocycles. The van der Waals surface area contributed by atoms with E-state index in [4.69, 9.17) is 0 Å². The van der Waals surface area contributed by atoms with Crippen LogP contribution in [0.2, 0.25) is 0 Å². The summed E-state index contributed by atoms with van der Waals surface area (Å²) in [6.07, 6.45) is 7.04. The van der Waals surface area contributed by atoms with E-state index in [0.717, 1.165) is 18.4 Å². The summed E-state index contributed by atoms with van der Waals surface area (Å²) in [5.41, 5.74) is 0. The van der Waals surface area contributed by atoms with E-state index >= 15 is 0 Å². The van der Waals surface area contributed by atoms with E-state index in [9.17, 15) is 8.42 Å². The van der Waals surface area contributed by atoms with Crippen LogP contribution in [0.25, 0.3) is 0 Å². The highest BCUT2D eigenvalue weighted by atomic mass is 32.2. The maximum Gasteiger partial charge on any atom is 0.173 e. The van der Waals surface area contributed by atoms with Crippen LogP contribution in [0.1, 0.15) is 32.6 Å². The van der Waals surface area contributed by atoms with Gasteiger partial charge in [0.15, 0.2) is 9.84 Å². The van der Waals surface area contributed by atoms with Crippen LogP contribution >= 0.6 is 0 Å². The number of hydrogen-bond acceptors (Lipinski definition) is 3. The summed E-state index contributed by atoms with van der Waals surface area (Å²) in [7, 11) is -2.90. The van der Waals surface area contributed by atoms with Crippen LogP contribution in [0, 0.1) is 11.8 Å². The molecule has 1 N–H and O–H groups in total. The summed E-state index contributed by atoms with van der Waals surface area (Å²) >= 11 is 0. The molecule has 0 spiro atoms. The van der Waals surface area contributed by atoms with Gasteiger partial charge in [0, 0.05) is 11.4 Å². The van der Waals surface area contributed by atoms with Gasteiger partial charge < -0.3 is 5.32 Å². The van der Waals surface area contributed by atoms with Crippen molar-refractivity contribution in [2.75, 3.05) is 12.3 Å². The van der Waals surface area contributed by atoms with Gasteiger partial charge in [-0.2, -0.15) is 0 Å². The van der Waals surface area contributed by atoms with Crippen LogP contribution in [0.15, 0.2) is 11.5 Å². The molecule has 3 unspecified atom stereocenters. The van der Waals surface area contributed by atoms with Crippen LogP contribution < -0.4 is 5.32 Å². The van der Waals surface area contributed by atoms with Crippen LogP contribution in [-0.2, 0) is 9.84 Å². The SMILES string of the molecule is CC1CCCC(CNC2C=CS(=O)(=O)C2)C1. The van der Waals surface area contributed by atoms with Crippen molar-refractivity contribution in [3.05, 3.63) is 11.5 Å². The molecule has 1 fully saturated rings. The monoisotopic (exact) mass is 243 g/mol. The van der Waals surface area contributed by atoms with Gasteiger partial charge in [-0.05, 0) is 31.2 Å². The lowest BCUT2D eigenvalue weighted by atomic mass is 9.82. The Morgan fingerprint density at radius 2 is 2.19 bits per heavy atom. The fraction of sp³-hybridized carbons (Fsp3) is 0.833. The number of sulfone groups is 1. The first-order valence-electron chi connectivity index (χ1n) is 6.19. The molecule has 4 heteroatoms. The van der Waals surface area contributed by atoms with Crippen molar-refractivity contribution in [2.45, 2.75) is 38.6 Å². The van der Waals surface area contributed by atoms with Gasteiger partial charge in [-0.25, -0.2) is 8.42 Å². The molecule has 16 heavy (non-hydrogen) atoms. The van der Waals surface area contributed by atoms with Gasteiger partial charge in [-0.3, -0.25) is 0 Å². The van der Waals surface area contributed by atoms with Crippen molar-refractivity contribution < 1.29 is 8.42 Å². The number of rotatable bonds is 3. The Kier molecular flexibility index (Phi) is 3.70.